The van der Waals surface area contributed by atoms with Gasteiger partial charge in [-0.25, -0.2) is 4.98 Å². The van der Waals surface area contributed by atoms with Crippen molar-refractivity contribution in [3.63, 3.8) is 0 Å². The maximum Gasteiger partial charge on any atom is 0.279 e. The van der Waals surface area contributed by atoms with Crippen LogP contribution in [-0.2, 0) is 4.79 Å². The number of rotatable bonds is 4. The van der Waals surface area contributed by atoms with Crippen molar-refractivity contribution in [3.8, 4) is 0 Å². The molecule has 146 valence electrons. The van der Waals surface area contributed by atoms with Gasteiger partial charge in [0.15, 0.2) is 6.54 Å². The number of aromatic nitrogens is 2. The molecular formula is C24H25N4O+. The van der Waals surface area contributed by atoms with Gasteiger partial charge in [-0.2, -0.15) is 0 Å². The highest BCUT2D eigenvalue weighted by Gasteiger charge is 2.28. The zero-order valence-electron chi connectivity index (χ0n) is 16.3. The van der Waals surface area contributed by atoms with E-state index in [-0.39, 0.29) is 5.91 Å². The molecule has 1 amide bonds. The lowest BCUT2D eigenvalue weighted by atomic mass is 9.97. The molecular weight excluding hydrogens is 360 g/mol. The SMILES string of the molecule is O=C(C[NH+]1CCC[C@H](c2nc3ccccc3[nH]2)C1)Nc1cccc2ccccc12. The molecule has 0 aliphatic carbocycles. The number of nitrogens with zero attached hydrogens (tertiary/aromatic N) is 1. The van der Waals surface area contributed by atoms with Crippen molar-refractivity contribution in [2.24, 2.45) is 0 Å². The molecule has 2 atom stereocenters. The summed E-state index contributed by atoms with van der Waals surface area (Å²) in [4.78, 5) is 22.3. The van der Waals surface area contributed by atoms with E-state index in [1.807, 2.05) is 42.5 Å². The first-order chi connectivity index (χ1) is 14.3. The number of para-hydroxylation sites is 2. The number of amides is 1. The predicted octanol–water partition coefficient (Wildman–Crippen LogP) is 3.12. The lowest BCUT2D eigenvalue weighted by molar-refractivity contribution is -0.898. The Morgan fingerprint density at radius 3 is 2.83 bits per heavy atom. The van der Waals surface area contributed by atoms with E-state index in [2.05, 4.69) is 34.6 Å². The molecule has 5 heteroatoms. The molecule has 0 saturated carbocycles. The molecule has 1 aliphatic rings. The van der Waals surface area contributed by atoms with Gasteiger partial charge in [-0.15, -0.1) is 0 Å². The monoisotopic (exact) mass is 385 g/mol. The van der Waals surface area contributed by atoms with Gasteiger partial charge in [0.1, 0.15) is 5.82 Å². The van der Waals surface area contributed by atoms with Gasteiger partial charge < -0.3 is 15.2 Å². The van der Waals surface area contributed by atoms with Crippen LogP contribution in [0.5, 0.6) is 0 Å². The summed E-state index contributed by atoms with van der Waals surface area (Å²) in [6.45, 7) is 2.45. The number of likely N-dealkylation sites (tertiary alicyclic amines) is 1. The Morgan fingerprint density at radius 1 is 1.07 bits per heavy atom. The third-order valence-corrected chi connectivity index (χ3v) is 5.89. The largest absolute Gasteiger partial charge is 0.342 e. The number of fused-ring (bicyclic) bond motifs is 2. The number of anilines is 1. The van der Waals surface area contributed by atoms with E-state index in [9.17, 15) is 4.79 Å². The van der Waals surface area contributed by atoms with Crippen molar-refractivity contribution in [1.82, 2.24) is 9.97 Å². The van der Waals surface area contributed by atoms with Gasteiger partial charge in [0.25, 0.3) is 5.91 Å². The van der Waals surface area contributed by atoms with Crippen LogP contribution in [0.1, 0.15) is 24.6 Å². The zero-order valence-corrected chi connectivity index (χ0v) is 16.3. The Kier molecular flexibility index (Phi) is 4.74. The van der Waals surface area contributed by atoms with Gasteiger partial charge in [-0.1, -0.05) is 48.5 Å². The minimum absolute atomic E-state index is 0.0709. The second-order valence-electron chi connectivity index (χ2n) is 7.93. The number of hydrogen-bond acceptors (Lipinski definition) is 2. The number of hydrogen-bond donors (Lipinski definition) is 3. The molecule has 29 heavy (non-hydrogen) atoms. The molecule has 1 aliphatic heterocycles. The maximum atomic E-state index is 12.8. The minimum atomic E-state index is 0.0709. The summed E-state index contributed by atoms with van der Waals surface area (Å²) in [7, 11) is 0. The van der Waals surface area contributed by atoms with Crippen LogP contribution in [0.2, 0.25) is 0 Å². The maximum absolute atomic E-state index is 12.8. The van der Waals surface area contributed by atoms with Crippen LogP contribution in [0.3, 0.4) is 0 Å². The molecule has 1 unspecified atom stereocenters. The normalized spacial score (nSPS) is 19.4. The van der Waals surface area contributed by atoms with Gasteiger partial charge in [0.2, 0.25) is 0 Å². The van der Waals surface area contributed by atoms with Crippen LogP contribution in [0.4, 0.5) is 5.69 Å². The van der Waals surface area contributed by atoms with Gasteiger partial charge in [0, 0.05) is 11.1 Å². The third-order valence-electron chi connectivity index (χ3n) is 5.89. The average Bonchev–Trinajstić information content (AvgIpc) is 3.19. The number of benzene rings is 3. The summed E-state index contributed by atoms with van der Waals surface area (Å²) in [5.74, 6) is 1.50. The Bertz CT molecular complexity index is 1130. The highest BCUT2D eigenvalue weighted by Crippen LogP contribution is 2.23. The third kappa shape index (κ3) is 3.74. The van der Waals surface area contributed by atoms with Crippen LogP contribution in [0.25, 0.3) is 21.8 Å². The van der Waals surface area contributed by atoms with Crippen molar-refractivity contribution >= 4 is 33.4 Å². The highest BCUT2D eigenvalue weighted by atomic mass is 16.2. The number of H-pyrrole nitrogens is 1. The number of carbonyl (C=O) groups is 1. The first-order valence-electron chi connectivity index (χ1n) is 10.3. The summed E-state index contributed by atoms with van der Waals surface area (Å²) in [5, 5.41) is 5.35. The molecule has 5 nitrogen and oxygen atoms in total. The highest BCUT2D eigenvalue weighted by molar-refractivity contribution is 6.02. The molecule has 1 saturated heterocycles. The summed E-state index contributed by atoms with van der Waals surface area (Å²) in [6.07, 6.45) is 2.23. The van der Waals surface area contributed by atoms with Crippen LogP contribution in [0.15, 0.2) is 66.7 Å². The van der Waals surface area contributed by atoms with E-state index < -0.39 is 0 Å². The number of carbonyl (C=O) groups excluding carboxylic acids is 1. The number of piperidine rings is 1. The van der Waals surface area contributed by atoms with Gasteiger partial charge in [-0.3, -0.25) is 4.79 Å². The zero-order chi connectivity index (χ0) is 19.6. The Balaban J connectivity index is 1.27. The quantitative estimate of drug-likeness (QED) is 0.505. The lowest BCUT2D eigenvalue weighted by Gasteiger charge is -2.28. The number of quaternary nitrogens is 1. The molecule has 5 rings (SSSR count). The topological polar surface area (TPSA) is 62.2 Å². The van der Waals surface area contributed by atoms with Crippen molar-refractivity contribution in [2.75, 3.05) is 25.0 Å². The minimum Gasteiger partial charge on any atom is -0.342 e. The summed E-state index contributed by atoms with van der Waals surface area (Å²) in [6, 6.07) is 22.3. The van der Waals surface area contributed by atoms with Crippen LogP contribution >= 0.6 is 0 Å². The van der Waals surface area contributed by atoms with E-state index in [1.54, 1.807) is 0 Å². The molecule has 1 aromatic heterocycles. The summed E-state index contributed by atoms with van der Waals surface area (Å²) >= 11 is 0. The number of imidazole rings is 1. The first kappa shape index (κ1) is 17.9. The molecule has 1 fully saturated rings. The molecule has 2 heterocycles. The average molecular weight is 385 g/mol. The van der Waals surface area contributed by atoms with E-state index in [0.717, 1.165) is 59.2 Å². The molecule has 0 bridgehead atoms. The van der Waals surface area contributed by atoms with E-state index in [1.165, 1.54) is 4.90 Å². The Labute approximate surface area is 169 Å². The van der Waals surface area contributed by atoms with Crippen LogP contribution in [0, 0.1) is 0 Å². The molecule has 0 spiro atoms. The van der Waals surface area contributed by atoms with Gasteiger partial charge >= 0.3 is 0 Å². The Hall–Kier alpha value is -3.18. The number of aromatic amines is 1. The second-order valence-corrected chi connectivity index (χ2v) is 7.93. The fourth-order valence-corrected chi connectivity index (χ4v) is 4.47. The van der Waals surface area contributed by atoms with E-state index in [4.69, 9.17) is 4.98 Å². The number of nitrogens with one attached hydrogen (secondary N) is 3. The van der Waals surface area contributed by atoms with Crippen molar-refractivity contribution < 1.29 is 9.69 Å². The van der Waals surface area contributed by atoms with Crippen LogP contribution < -0.4 is 10.2 Å². The predicted molar refractivity (Wildman–Crippen MR) is 116 cm³/mol. The van der Waals surface area contributed by atoms with Gasteiger partial charge in [-0.05, 0) is 36.4 Å². The molecule has 3 aromatic carbocycles. The van der Waals surface area contributed by atoms with E-state index >= 15 is 0 Å². The molecule has 4 aromatic rings. The first-order valence-corrected chi connectivity index (χ1v) is 10.3. The van der Waals surface area contributed by atoms with E-state index in [0.29, 0.717) is 12.5 Å². The van der Waals surface area contributed by atoms with Crippen molar-refractivity contribution in [2.45, 2.75) is 18.8 Å². The van der Waals surface area contributed by atoms with Crippen molar-refractivity contribution in [3.05, 3.63) is 72.6 Å². The summed E-state index contributed by atoms with van der Waals surface area (Å²) in [5.41, 5.74) is 2.99. The standard InChI is InChI=1S/C24H24N4O/c29-23(25-20-13-5-8-17-7-1-2-10-19(17)20)16-28-14-6-9-18(15-28)24-26-21-11-3-4-12-22(21)27-24/h1-5,7-8,10-13,18H,6,9,14-16H2,(H,25,29)(H,26,27)/p+1/t18-/m0/s1. The fourth-order valence-electron chi connectivity index (χ4n) is 4.47. The summed E-state index contributed by atoms with van der Waals surface area (Å²) < 4.78 is 0. The van der Waals surface area contributed by atoms with Gasteiger partial charge in [0.05, 0.1) is 30.0 Å². The smallest absolute Gasteiger partial charge is 0.279 e. The van der Waals surface area contributed by atoms with Crippen LogP contribution in [-0.4, -0.2) is 35.5 Å². The molecule has 3 N–H and O–H groups in total. The Morgan fingerprint density at radius 2 is 1.90 bits per heavy atom. The van der Waals surface area contributed by atoms with Crippen molar-refractivity contribution in [1.29, 1.82) is 0 Å². The fraction of sp³-hybridized carbons (Fsp3) is 0.250. The lowest BCUT2D eigenvalue weighted by Crippen LogP contribution is -3.14. The second kappa shape index (κ2) is 7.68. The molecule has 0 radical (unpaired) electrons.